The lowest BCUT2D eigenvalue weighted by Crippen LogP contribution is -2.25. The number of benzene rings is 2. The lowest BCUT2D eigenvalue weighted by molar-refractivity contribution is -0.113. The highest BCUT2D eigenvalue weighted by Crippen LogP contribution is 2.37. The number of anilines is 1. The standard InChI is InChI=1S/C18H15NO/c1-2-8-16-15-11-6-7-12-17(15)19(18(16)20)13-14-9-4-3-5-10-14/h2-12H,1,13H2/b16-8-. The van der Waals surface area contributed by atoms with E-state index in [2.05, 4.69) is 6.58 Å². The molecule has 3 rings (SSSR count). The highest BCUT2D eigenvalue weighted by atomic mass is 16.2. The lowest BCUT2D eigenvalue weighted by atomic mass is 10.1. The van der Waals surface area contributed by atoms with Gasteiger partial charge in [0.15, 0.2) is 0 Å². The SMILES string of the molecule is C=C/C=C1\C(=O)N(Cc2ccccc2)c2ccccc21. The number of carbonyl (C=O) groups is 1. The third-order valence-electron chi connectivity index (χ3n) is 3.43. The number of amides is 1. The summed E-state index contributed by atoms with van der Waals surface area (Å²) in [5.74, 6) is 0.0370. The molecule has 98 valence electrons. The van der Waals surface area contributed by atoms with Gasteiger partial charge in [0.05, 0.1) is 12.2 Å². The summed E-state index contributed by atoms with van der Waals surface area (Å²) in [5.41, 5.74) is 3.78. The Bertz CT molecular complexity index is 686. The highest BCUT2D eigenvalue weighted by Gasteiger charge is 2.31. The first-order chi connectivity index (χ1) is 9.81. The van der Waals surface area contributed by atoms with Crippen LogP contribution in [0.25, 0.3) is 5.57 Å². The van der Waals surface area contributed by atoms with E-state index in [4.69, 9.17) is 0 Å². The summed E-state index contributed by atoms with van der Waals surface area (Å²) in [6.45, 7) is 4.28. The predicted octanol–water partition coefficient (Wildman–Crippen LogP) is 3.80. The van der Waals surface area contributed by atoms with Crippen LogP contribution in [0.3, 0.4) is 0 Å². The van der Waals surface area contributed by atoms with Gasteiger partial charge in [-0.3, -0.25) is 4.79 Å². The molecule has 0 saturated heterocycles. The second-order valence-electron chi connectivity index (χ2n) is 4.71. The third-order valence-corrected chi connectivity index (χ3v) is 3.43. The molecule has 2 nitrogen and oxygen atoms in total. The Morgan fingerprint density at radius 3 is 2.45 bits per heavy atom. The average molecular weight is 261 g/mol. The van der Waals surface area contributed by atoms with Gasteiger partial charge < -0.3 is 4.90 Å². The molecule has 2 aromatic rings. The first-order valence-electron chi connectivity index (χ1n) is 6.59. The second-order valence-corrected chi connectivity index (χ2v) is 4.71. The zero-order chi connectivity index (χ0) is 13.9. The van der Waals surface area contributed by atoms with Crippen LogP contribution in [-0.2, 0) is 11.3 Å². The monoisotopic (exact) mass is 261 g/mol. The fraction of sp³-hybridized carbons (Fsp3) is 0.0556. The van der Waals surface area contributed by atoms with E-state index in [1.807, 2.05) is 59.5 Å². The van der Waals surface area contributed by atoms with Crippen molar-refractivity contribution in [2.75, 3.05) is 4.90 Å². The molecule has 2 aromatic carbocycles. The molecule has 0 bridgehead atoms. The molecule has 0 N–H and O–H groups in total. The molecule has 0 fully saturated rings. The number of allylic oxidation sites excluding steroid dienone is 2. The van der Waals surface area contributed by atoms with E-state index in [9.17, 15) is 4.79 Å². The van der Waals surface area contributed by atoms with Gasteiger partial charge in [0, 0.05) is 11.1 Å². The maximum absolute atomic E-state index is 12.6. The molecule has 1 aliphatic heterocycles. The van der Waals surface area contributed by atoms with E-state index in [1.165, 1.54) is 0 Å². The molecule has 0 radical (unpaired) electrons. The van der Waals surface area contributed by atoms with Gasteiger partial charge >= 0.3 is 0 Å². The summed E-state index contributed by atoms with van der Waals surface area (Å²) in [6.07, 6.45) is 3.45. The number of nitrogens with zero attached hydrogens (tertiary/aromatic N) is 1. The van der Waals surface area contributed by atoms with Gasteiger partial charge in [0.1, 0.15) is 0 Å². The molecule has 0 unspecified atom stereocenters. The minimum absolute atomic E-state index is 0.0370. The Morgan fingerprint density at radius 1 is 1.00 bits per heavy atom. The van der Waals surface area contributed by atoms with Crippen molar-refractivity contribution in [3.05, 3.63) is 84.5 Å². The molecule has 1 amide bonds. The first-order valence-corrected chi connectivity index (χ1v) is 6.59. The first kappa shape index (κ1) is 12.4. The number of fused-ring (bicyclic) bond motifs is 1. The largest absolute Gasteiger partial charge is 0.303 e. The molecule has 0 saturated carbocycles. The second kappa shape index (κ2) is 5.17. The molecule has 0 spiro atoms. The summed E-state index contributed by atoms with van der Waals surface area (Å²) in [4.78, 5) is 14.4. The van der Waals surface area contributed by atoms with Crippen LogP contribution >= 0.6 is 0 Å². The van der Waals surface area contributed by atoms with Gasteiger partial charge in [-0.25, -0.2) is 0 Å². The molecule has 0 aromatic heterocycles. The van der Waals surface area contributed by atoms with Crippen molar-refractivity contribution in [1.82, 2.24) is 0 Å². The maximum Gasteiger partial charge on any atom is 0.259 e. The molecule has 1 heterocycles. The van der Waals surface area contributed by atoms with Gasteiger partial charge in [-0.15, -0.1) is 0 Å². The van der Waals surface area contributed by atoms with Crippen LogP contribution in [0.15, 0.2) is 73.3 Å². The lowest BCUT2D eigenvalue weighted by Gasteiger charge is -2.17. The van der Waals surface area contributed by atoms with Gasteiger partial charge in [-0.2, -0.15) is 0 Å². The number of hydrogen-bond donors (Lipinski definition) is 0. The molecular weight excluding hydrogens is 246 g/mol. The molecule has 2 heteroatoms. The van der Waals surface area contributed by atoms with E-state index < -0.39 is 0 Å². The van der Waals surface area contributed by atoms with Crippen LogP contribution in [0, 0.1) is 0 Å². The van der Waals surface area contributed by atoms with Gasteiger partial charge in [0.25, 0.3) is 5.91 Å². The normalized spacial score (nSPS) is 15.5. The summed E-state index contributed by atoms with van der Waals surface area (Å²) in [6, 6.07) is 17.9. The maximum atomic E-state index is 12.6. The predicted molar refractivity (Wildman–Crippen MR) is 82.2 cm³/mol. The topological polar surface area (TPSA) is 20.3 Å². The van der Waals surface area contributed by atoms with Crippen molar-refractivity contribution < 1.29 is 4.79 Å². The van der Waals surface area contributed by atoms with E-state index in [0.29, 0.717) is 12.1 Å². The molecule has 20 heavy (non-hydrogen) atoms. The zero-order valence-corrected chi connectivity index (χ0v) is 11.1. The number of rotatable bonds is 3. The van der Waals surface area contributed by atoms with Crippen molar-refractivity contribution in [1.29, 1.82) is 0 Å². The van der Waals surface area contributed by atoms with Gasteiger partial charge in [-0.05, 0) is 17.7 Å². The highest BCUT2D eigenvalue weighted by molar-refractivity contribution is 6.32. The van der Waals surface area contributed by atoms with E-state index in [1.54, 1.807) is 12.2 Å². The Morgan fingerprint density at radius 2 is 1.70 bits per heavy atom. The minimum atomic E-state index is 0.0370. The summed E-state index contributed by atoms with van der Waals surface area (Å²) >= 11 is 0. The summed E-state index contributed by atoms with van der Waals surface area (Å²) < 4.78 is 0. The van der Waals surface area contributed by atoms with Crippen LogP contribution in [-0.4, -0.2) is 5.91 Å². The Hall–Kier alpha value is -2.61. The van der Waals surface area contributed by atoms with Crippen molar-refractivity contribution in [3.8, 4) is 0 Å². The number of carbonyl (C=O) groups excluding carboxylic acids is 1. The average Bonchev–Trinajstić information content (AvgIpc) is 2.75. The molecule has 0 atom stereocenters. The fourth-order valence-electron chi connectivity index (χ4n) is 2.51. The van der Waals surface area contributed by atoms with Gasteiger partial charge in [-0.1, -0.05) is 61.2 Å². The van der Waals surface area contributed by atoms with Crippen LogP contribution in [0.5, 0.6) is 0 Å². The Labute approximate surface area is 118 Å². The van der Waals surface area contributed by atoms with E-state index in [-0.39, 0.29) is 5.91 Å². The minimum Gasteiger partial charge on any atom is -0.303 e. The van der Waals surface area contributed by atoms with Crippen LogP contribution in [0.1, 0.15) is 11.1 Å². The van der Waals surface area contributed by atoms with Crippen LogP contribution in [0.4, 0.5) is 5.69 Å². The number of para-hydroxylation sites is 1. The third kappa shape index (κ3) is 2.05. The van der Waals surface area contributed by atoms with Gasteiger partial charge in [0.2, 0.25) is 0 Å². The van der Waals surface area contributed by atoms with Crippen LogP contribution < -0.4 is 4.90 Å². The Balaban J connectivity index is 2.02. The smallest absolute Gasteiger partial charge is 0.259 e. The van der Waals surface area contributed by atoms with Crippen molar-refractivity contribution >= 4 is 17.2 Å². The van der Waals surface area contributed by atoms with Crippen LogP contribution in [0.2, 0.25) is 0 Å². The quantitative estimate of drug-likeness (QED) is 0.769. The number of hydrogen-bond acceptors (Lipinski definition) is 1. The molecular formula is C18H15NO. The summed E-state index contributed by atoms with van der Waals surface area (Å²) in [7, 11) is 0. The van der Waals surface area contributed by atoms with Crippen molar-refractivity contribution in [2.45, 2.75) is 6.54 Å². The fourth-order valence-corrected chi connectivity index (χ4v) is 2.51. The van der Waals surface area contributed by atoms with E-state index >= 15 is 0 Å². The van der Waals surface area contributed by atoms with Crippen molar-refractivity contribution in [2.24, 2.45) is 0 Å². The molecule has 1 aliphatic rings. The van der Waals surface area contributed by atoms with E-state index in [0.717, 1.165) is 16.8 Å². The Kier molecular flexibility index (Phi) is 3.21. The summed E-state index contributed by atoms with van der Waals surface area (Å²) in [5, 5.41) is 0. The zero-order valence-electron chi connectivity index (χ0n) is 11.1. The molecule has 0 aliphatic carbocycles. The van der Waals surface area contributed by atoms with Crippen molar-refractivity contribution in [3.63, 3.8) is 0 Å².